The molecular formula is C19H22O5. The zero-order chi connectivity index (χ0) is 17.7. The molecule has 5 heteroatoms. The van der Waals surface area contributed by atoms with Gasteiger partial charge in [0.25, 0.3) is 0 Å². The van der Waals surface area contributed by atoms with Gasteiger partial charge >= 0.3 is 11.9 Å². The molecule has 0 heterocycles. The second-order valence-corrected chi connectivity index (χ2v) is 5.57. The standard InChI is InChI=1S/C19H22O5/c1-5-17(20)23-15-11-16(22-12(3)4)19(24-18(21)6-2)14-10-8-7-9-13(14)15/h7-12H,5-6H2,1-4H3. The number of carbonyl (C=O) groups is 2. The molecule has 0 spiro atoms. The van der Waals surface area contributed by atoms with Crippen LogP contribution < -0.4 is 14.2 Å². The van der Waals surface area contributed by atoms with Crippen LogP contribution >= 0.6 is 0 Å². The van der Waals surface area contributed by atoms with E-state index in [0.717, 1.165) is 0 Å². The van der Waals surface area contributed by atoms with E-state index >= 15 is 0 Å². The van der Waals surface area contributed by atoms with Crippen LogP contribution in [0.3, 0.4) is 0 Å². The number of hydrogen-bond donors (Lipinski definition) is 0. The summed E-state index contributed by atoms with van der Waals surface area (Å²) in [6, 6.07) is 8.89. The van der Waals surface area contributed by atoms with E-state index in [1.807, 2.05) is 38.1 Å². The van der Waals surface area contributed by atoms with Crippen LogP contribution in [0.2, 0.25) is 0 Å². The van der Waals surface area contributed by atoms with Crippen LogP contribution in [0.1, 0.15) is 40.5 Å². The monoisotopic (exact) mass is 330 g/mol. The molecule has 0 aliphatic rings. The van der Waals surface area contributed by atoms with E-state index in [2.05, 4.69) is 0 Å². The first-order chi connectivity index (χ1) is 11.5. The molecule has 2 aromatic rings. The van der Waals surface area contributed by atoms with Crippen molar-refractivity contribution >= 4 is 22.7 Å². The van der Waals surface area contributed by atoms with Gasteiger partial charge in [0.15, 0.2) is 11.5 Å². The fourth-order valence-electron chi connectivity index (χ4n) is 2.20. The van der Waals surface area contributed by atoms with Gasteiger partial charge in [-0.2, -0.15) is 0 Å². The maximum Gasteiger partial charge on any atom is 0.311 e. The van der Waals surface area contributed by atoms with E-state index in [1.165, 1.54) is 0 Å². The molecular weight excluding hydrogens is 308 g/mol. The predicted octanol–water partition coefficient (Wildman–Crippen LogP) is 4.26. The molecule has 0 aromatic heterocycles. The molecule has 0 unspecified atom stereocenters. The smallest absolute Gasteiger partial charge is 0.311 e. The third kappa shape index (κ3) is 4.04. The van der Waals surface area contributed by atoms with Crippen LogP contribution in [0.25, 0.3) is 10.8 Å². The molecule has 2 aromatic carbocycles. The minimum Gasteiger partial charge on any atom is -0.487 e. The predicted molar refractivity (Wildman–Crippen MR) is 91.6 cm³/mol. The van der Waals surface area contributed by atoms with Crippen molar-refractivity contribution in [1.82, 2.24) is 0 Å². The number of ether oxygens (including phenoxy) is 3. The van der Waals surface area contributed by atoms with Gasteiger partial charge in [0.05, 0.1) is 6.10 Å². The van der Waals surface area contributed by atoms with E-state index in [9.17, 15) is 9.59 Å². The highest BCUT2D eigenvalue weighted by molar-refractivity contribution is 5.98. The Kier molecular flexibility index (Phi) is 5.79. The molecule has 0 radical (unpaired) electrons. The second-order valence-electron chi connectivity index (χ2n) is 5.57. The first-order valence-electron chi connectivity index (χ1n) is 8.10. The van der Waals surface area contributed by atoms with Crippen LogP contribution in [0.15, 0.2) is 30.3 Å². The summed E-state index contributed by atoms with van der Waals surface area (Å²) < 4.78 is 16.7. The van der Waals surface area contributed by atoms with Gasteiger partial charge in [-0.25, -0.2) is 0 Å². The first kappa shape index (κ1) is 17.8. The van der Waals surface area contributed by atoms with Crippen molar-refractivity contribution in [1.29, 1.82) is 0 Å². The molecule has 0 atom stereocenters. The maximum absolute atomic E-state index is 11.8. The van der Waals surface area contributed by atoms with Gasteiger partial charge in [0, 0.05) is 29.7 Å². The number of esters is 2. The SMILES string of the molecule is CCC(=O)Oc1cc(OC(C)C)c(OC(=O)CC)c2ccccc12. The summed E-state index contributed by atoms with van der Waals surface area (Å²) in [5, 5.41) is 1.35. The van der Waals surface area contributed by atoms with Gasteiger partial charge in [-0.3, -0.25) is 9.59 Å². The van der Waals surface area contributed by atoms with Crippen molar-refractivity contribution in [3.63, 3.8) is 0 Å². The summed E-state index contributed by atoms with van der Waals surface area (Å²) in [5.41, 5.74) is 0. The summed E-state index contributed by atoms with van der Waals surface area (Å²) in [5.74, 6) is 0.428. The van der Waals surface area contributed by atoms with Gasteiger partial charge in [-0.05, 0) is 13.8 Å². The lowest BCUT2D eigenvalue weighted by molar-refractivity contribution is -0.135. The van der Waals surface area contributed by atoms with E-state index in [0.29, 0.717) is 28.0 Å². The molecule has 0 bridgehead atoms. The van der Waals surface area contributed by atoms with Gasteiger partial charge < -0.3 is 14.2 Å². The average Bonchev–Trinajstić information content (AvgIpc) is 2.57. The molecule has 0 saturated heterocycles. The molecule has 0 aliphatic carbocycles. The van der Waals surface area contributed by atoms with Crippen LogP contribution in [-0.4, -0.2) is 18.0 Å². The highest BCUT2D eigenvalue weighted by atomic mass is 16.6. The van der Waals surface area contributed by atoms with Crippen LogP contribution in [-0.2, 0) is 9.59 Å². The Morgan fingerprint density at radius 1 is 0.917 bits per heavy atom. The van der Waals surface area contributed by atoms with Crippen molar-refractivity contribution in [2.45, 2.75) is 46.6 Å². The van der Waals surface area contributed by atoms with Gasteiger partial charge in [0.2, 0.25) is 0 Å². The fraction of sp³-hybridized carbons (Fsp3) is 0.368. The topological polar surface area (TPSA) is 61.8 Å². The summed E-state index contributed by atoms with van der Waals surface area (Å²) >= 11 is 0. The Morgan fingerprint density at radius 3 is 2.08 bits per heavy atom. The molecule has 0 saturated carbocycles. The van der Waals surface area contributed by atoms with Gasteiger partial charge in [0.1, 0.15) is 5.75 Å². The highest BCUT2D eigenvalue weighted by Gasteiger charge is 2.19. The second kappa shape index (κ2) is 7.81. The minimum absolute atomic E-state index is 0.125. The number of carbonyl (C=O) groups excluding carboxylic acids is 2. The lowest BCUT2D eigenvalue weighted by Crippen LogP contribution is -2.12. The van der Waals surface area contributed by atoms with E-state index in [-0.39, 0.29) is 30.9 Å². The Hall–Kier alpha value is -2.56. The van der Waals surface area contributed by atoms with Crippen molar-refractivity contribution in [2.24, 2.45) is 0 Å². The molecule has 0 N–H and O–H groups in total. The normalized spacial score (nSPS) is 10.7. The molecule has 0 aliphatic heterocycles. The summed E-state index contributed by atoms with van der Waals surface area (Å²) in [7, 11) is 0. The Morgan fingerprint density at radius 2 is 1.50 bits per heavy atom. The molecule has 5 nitrogen and oxygen atoms in total. The molecule has 24 heavy (non-hydrogen) atoms. The first-order valence-corrected chi connectivity index (χ1v) is 8.10. The zero-order valence-corrected chi connectivity index (χ0v) is 14.4. The zero-order valence-electron chi connectivity index (χ0n) is 14.4. The largest absolute Gasteiger partial charge is 0.487 e. The van der Waals surface area contributed by atoms with Crippen molar-refractivity contribution in [2.75, 3.05) is 0 Å². The Bertz CT molecular complexity index is 749. The Balaban J connectivity index is 2.65. The summed E-state index contributed by atoms with van der Waals surface area (Å²) in [6.07, 6.45) is 0.392. The third-order valence-corrected chi connectivity index (χ3v) is 3.30. The van der Waals surface area contributed by atoms with Gasteiger partial charge in [-0.15, -0.1) is 0 Å². The number of rotatable bonds is 6. The Labute approximate surface area is 141 Å². The average molecular weight is 330 g/mol. The molecule has 2 rings (SSSR count). The van der Waals surface area contributed by atoms with E-state index in [4.69, 9.17) is 14.2 Å². The number of benzene rings is 2. The summed E-state index contributed by atoms with van der Waals surface area (Å²) in [4.78, 5) is 23.5. The van der Waals surface area contributed by atoms with Crippen LogP contribution in [0.4, 0.5) is 0 Å². The fourth-order valence-corrected chi connectivity index (χ4v) is 2.20. The highest BCUT2D eigenvalue weighted by Crippen LogP contribution is 2.42. The van der Waals surface area contributed by atoms with E-state index in [1.54, 1.807) is 19.9 Å². The lowest BCUT2D eigenvalue weighted by Gasteiger charge is -2.18. The molecule has 0 fully saturated rings. The van der Waals surface area contributed by atoms with Crippen molar-refractivity contribution in [3.05, 3.63) is 30.3 Å². The maximum atomic E-state index is 11.8. The quantitative estimate of drug-likeness (QED) is 0.585. The van der Waals surface area contributed by atoms with Crippen LogP contribution in [0.5, 0.6) is 17.2 Å². The van der Waals surface area contributed by atoms with Crippen LogP contribution in [0, 0.1) is 0 Å². The number of hydrogen-bond acceptors (Lipinski definition) is 5. The van der Waals surface area contributed by atoms with Gasteiger partial charge in [-0.1, -0.05) is 38.1 Å². The minimum atomic E-state index is -0.355. The molecule has 128 valence electrons. The number of fused-ring (bicyclic) bond motifs is 1. The summed E-state index contributed by atoms with van der Waals surface area (Å²) in [6.45, 7) is 7.20. The van der Waals surface area contributed by atoms with Crippen molar-refractivity contribution in [3.8, 4) is 17.2 Å². The third-order valence-electron chi connectivity index (χ3n) is 3.30. The molecule has 0 amide bonds. The van der Waals surface area contributed by atoms with Crippen molar-refractivity contribution < 1.29 is 23.8 Å². The lowest BCUT2D eigenvalue weighted by atomic mass is 10.1. The van der Waals surface area contributed by atoms with E-state index < -0.39 is 0 Å².